The maximum atomic E-state index is 7.41. The van der Waals surface area contributed by atoms with Crippen molar-refractivity contribution < 1.29 is 17.1 Å². The van der Waals surface area contributed by atoms with Crippen LogP contribution >= 0.6 is 22.2 Å². The average molecular weight is 754 g/mol. The molecular formula is C35H59Cl2Si4Zr. The third kappa shape index (κ3) is 6.05. The van der Waals surface area contributed by atoms with Crippen molar-refractivity contribution >= 4 is 50.2 Å². The molecule has 0 nitrogen and oxygen atoms in total. The van der Waals surface area contributed by atoms with E-state index in [2.05, 4.69) is 134 Å². The van der Waals surface area contributed by atoms with Crippen molar-refractivity contribution in [1.82, 2.24) is 0 Å². The molecule has 0 heterocycles. The molecule has 2 aromatic rings. The summed E-state index contributed by atoms with van der Waals surface area (Å²) in [6.45, 7) is 21.4. The first-order valence-corrected chi connectivity index (χ1v) is 39.7. The number of unbranched alkanes of at least 4 members (excludes halogenated alkanes) is 2. The van der Waals surface area contributed by atoms with Crippen LogP contribution in [0.5, 0.6) is 0 Å². The van der Waals surface area contributed by atoms with E-state index >= 15 is 0 Å². The third-order valence-electron chi connectivity index (χ3n) is 12.8. The van der Waals surface area contributed by atoms with Crippen LogP contribution in [-0.4, -0.2) is 28.1 Å². The van der Waals surface area contributed by atoms with Crippen molar-refractivity contribution in [3.05, 3.63) is 93.3 Å². The first-order valence-electron chi connectivity index (χ1n) is 16.6. The Balaban J connectivity index is 2.75. The summed E-state index contributed by atoms with van der Waals surface area (Å²) in [6, 6.07) is 26.5. The molecule has 0 aromatic heterocycles. The molecule has 0 spiro atoms. The van der Waals surface area contributed by atoms with Gasteiger partial charge in [0.05, 0.1) is 0 Å². The van der Waals surface area contributed by atoms with Crippen molar-refractivity contribution in [2.75, 3.05) is 0 Å². The number of benzene rings is 2. The average Bonchev–Trinajstić information content (AvgIpc) is 3.55. The molecule has 1 aliphatic carbocycles. The third-order valence-corrected chi connectivity index (χ3v) is 136. The van der Waals surface area contributed by atoms with E-state index in [1.807, 2.05) is 3.28 Å². The Kier molecular flexibility index (Phi) is 12.9. The summed E-state index contributed by atoms with van der Waals surface area (Å²) < 4.78 is 5.11. The van der Waals surface area contributed by atoms with E-state index in [9.17, 15) is 0 Å². The summed E-state index contributed by atoms with van der Waals surface area (Å²) >= 11 is 10.5. The van der Waals surface area contributed by atoms with Crippen LogP contribution in [0, 0.1) is 0 Å². The van der Waals surface area contributed by atoms with Gasteiger partial charge in [-0.3, -0.25) is 0 Å². The van der Waals surface area contributed by atoms with E-state index < -0.39 is 45.2 Å². The second-order valence-corrected chi connectivity index (χ2v) is 76.5. The summed E-state index contributed by atoms with van der Waals surface area (Å²) in [5.74, 6) is 0. The number of rotatable bonds is 17. The number of hydrogen-bond acceptors (Lipinski definition) is 0. The minimum absolute atomic E-state index is 0.256. The van der Waals surface area contributed by atoms with Gasteiger partial charge in [-0.1, -0.05) is 0 Å². The molecule has 2 unspecified atom stereocenters. The molecule has 0 aliphatic heterocycles. The van der Waals surface area contributed by atoms with E-state index in [0.29, 0.717) is 0 Å². The molecular weight excluding hydrogens is 695 g/mol. The molecule has 3 rings (SSSR count). The molecule has 2 aromatic carbocycles. The molecule has 7 heteroatoms. The normalized spacial score (nSPS) is 18.7. The van der Waals surface area contributed by atoms with Crippen molar-refractivity contribution in [3.8, 4) is 0 Å². The molecule has 233 valence electrons. The standard InChI is InChI=1S/2C8H20ClSi2.2C7H7.C5H5.Zr/c2*1-5-6-7-11(4)8(2,3)10-9;2*1-7-5-3-2-4-6-7;1-2-4-5-3-1;/h2*5-7,10H2,1-4H3;2*2-6H,1H2;1-3H,4H2;. The first-order chi connectivity index (χ1) is 19.8. The second-order valence-electron chi connectivity index (χ2n) is 15.2. The Morgan fingerprint density at radius 2 is 1.12 bits per heavy atom. The van der Waals surface area contributed by atoms with E-state index in [4.69, 9.17) is 22.2 Å². The van der Waals surface area contributed by atoms with Gasteiger partial charge in [0.1, 0.15) is 0 Å². The zero-order valence-electron chi connectivity index (χ0n) is 28.0. The molecule has 2 atom stereocenters. The Morgan fingerprint density at radius 3 is 1.43 bits per heavy atom. The Morgan fingerprint density at radius 1 is 0.714 bits per heavy atom. The fourth-order valence-electron chi connectivity index (χ4n) is 9.64. The number of hydrogen-bond donors (Lipinski definition) is 0. The molecule has 0 saturated heterocycles. The van der Waals surface area contributed by atoms with Gasteiger partial charge in [0, 0.05) is 0 Å². The van der Waals surface area contributed by atoms with Crippen LogP contribution in [0.1, 0.15) is 84.8 Å². The molecule has 0 amide bonds. The van der Waals surface area contributed by atoms with E-state index in [-0.39, 0.29) is 9.32 Å². The van der Waals surface area contributed by atoms with Crippen molar-refractivity contribution in [1.29, 1.82) is 0 Å². The molecule has 0 bridgehead atoms. The van der Waals surface area contributed by atoms with Crippen molar-refractivity contribution in [2.24, 2.45) is 0 Å². The van der Waals surface area contributed by atoms with Gasteiger partial charge in [-0.05, 0) is 0 Å². The Bertz CT molecular complexity index is 1130. The van der Waals surface area contributed by atoms with Gasteiger partial charge in [0.15, 0.2) is 0 Å². The van der Waals surface area contributed by atoms with Crippen LogP contribution in [0.3, 0.4) is 0 Å². The summed E-state index contributed by atoms with van der Waals surface area (Å²) in [5, 5.41) is -4.23. The van der Waals surface area contributed by atoms with Crippen LogP contribution in [0.15, 0.2) is 82.2 Å². The monoisotopic (exact) mass is 751 g/mol. The molecule has 1 aliphatic rings. The quantitative estimate of drug-likeness (QED) is 0.111. The molecule has 0 saturated carbocycles. The van der Waals surface area contributed by atoms with E-state index in [1.54, 1.807) is 11.1 Å². The fourth-order valence-corrected chi connectivity index (χ4v) is 182. The van der Waals surface area contributed by atoms with Gasteiger partial charge in [0.25, 0.3) is 0 Å². The SMILES string of the molecule is CCCC[Si](C)(C(C)(C)[SiH2]Cl)[Zr]([CH2]c1ccccc1)([CH2]c1ccccc1)([C]1=CC=CC1)[Si](C)(CCCC)C(C)(C)[SiH2]Cl. The number of allylic oxidation sites excluding steroid dienone is 4. The van der Waals surface area contributed by atoms with Gasteiger partial charge < -0.3 is 0 Å². The van der Waals surface area contributed by atoms with Gasteiger partial charge >= 0.3 is 277 Å². The van der Waals surface area contributed by atoms with Crippen molar-refractivity contribution in [3.63, 3.8) is 0 Å². The van der Waals surface area contributed by atoms with Gasteiger partial charge in [-0.25, -0.2) is 0 Å². The first kappa shape index (κ1) is 36.7. The van der Waals surface area contributed by atoms with Crippen LogP contribution < -0.4 is 0 Å². The van der Waals surface area contributed by atoms with E-state index in [1.165, 1.54) is 46.0 Å². The van der Waals surface area contributed by atoms with Crippen LogP contribution in [0.4, 0.5) is 0 Å². The van der Waals surface area contributed by atoms with Crippen LogP contribution in [0.2, 0.25) is 34.5 Å². The van der Waals surface area contributed by atoms with Crippen LogP contribution in [0.25, 0.3) is 0 Å². The van der Waals surface area contributed by atoms with Gasteiger partial charge in [-0.2, -0.15) is 0 Å². The fraction of sp³-hybridized carbons (Fsp3) is 0.543. The van der Waals surface area contributed by atoms with E-state index in [0.717, 1.165) is 6.42 Å². The summed E-state index contributed by atoms with van der Waals surface area (Å²) in [5.41, 5.74) is 3.19. The topological polar surface area (TPSA) is 0 Å². The zero-order chi connectivity index (χ0) is 31.1. The number of halogens is 2. The molecule has 0 fully saturated rings. The van der Waals surface area contributed by atoms with Gasteiger partial charge in [-0.15, -0.1) is 0 Å². The summed E-state index contributed by atoms with van der Waals surface area (Å²) in [6.07, 6.45) is 14.0. The second kappa shape index (κ2) is 14.8. The summed E-state index contributed by atoms with van der Waals surface area (Å²) in [7, 11) is -1.60. The Labute approximate surface area is 274 Å². The molecule has 0 N–H and O–H groups in total. The van der Waals surface area contributed by atoms with Crippen LogP contribution in [-0.2, 0) is 25.4 Å². The predicted octanol–water partition coefficient (Wildman–Crippen LogP) is 10.8. The summed E-state index contributed by atoms with van der Waals surface area (Å²) in [4.78, 5) is 0. The maximum absolute atomic E-state index is 7.41. The minimum atomic E-state index is -4.34. The molecule has 0 radical (unpaired) electrons. The van der Waals surface area contributed by atoms with Gasteiger partial charge in [0.2, 0.25) is 0 Å². The predicted molar refractivity (Wildman–Crippen MR) is 202 cm³/mol. The Hall–Kier alpha value is 0.251. The zero-order valence-corrected chi connectivity index (χ0v) is 36.8. The van der Waals surface area contributed by atoms with Crippen molar-refractivity contribution in [2.45, 2.75) is 116 Å². The molecule has 42 heavy (non-hydrogen) atoms.